The molecule has 1 aliphatic rings. The molecule has 0 spiro atoms. The van der Waals surface area contributed by atoms with Crippen molar-refractivity contribution >= 4 is 17.6 Å². The Balaban J connectivity index is 2.59. The SMILES string of the molecule is CCCCCCCCCCC(N)C(=O)NC(CC(=O)N[C@@H]1OC(CO)[C@@H](O)[C@H](O)C1O)C(=O)C(C)C. The van der Waals surface area contributed by atoms with Crippen molar-refractivity contribution in [3.63, 3.8) is 0 Å². The molecule has 0 aliphatic carbocycles. The number of carbonyl (C=O) groups excluding carboxylic acids is 3. The van der Waals surface area contributed by atoms with E-state index >= 15 is 0 Å². The van der Waals surface area contributed by atoms with Gasteiger partial charge in [-0.15, -0.1) is 0 Å². The minimum atomic E-state index is -1.65. The first-order valence-corrected chi connectivity index (χ1v) is 13.2. The lowest BCUT2D eigenvalue weighted by Gasteiger charge is -2.40. The fourth-order valence-electron chi connectivity index (χ4n) is 4.16. The third-order valence-corrected chi connectivity index (χ3v) is 6.52. The number of unbranched alkanes of at least 4 members (excludes halogenated alkanes) is 7. The summed E-state index contributed by atoms with van der Waals surface area (Å²) in [6.45, 7) is 4.84. The van der Waals surface area contributed by atoms with Gasteiger partial charge in [0, 0.05) is 5.92 Å². The smallest absolute Gasteiger partial charge is 0.237 e. The number of nitrogens with two attached hydrogens (primary N) is 1. The fraction of sp³-hybridized carbons (Fsp3) is 0.880. The van der Waals surface area contributed by atoms with Crippen LogP contribution in [0.5, 0.6) is 0 Å². The summed E-state index contributed by atoms with van der Waals surface area (Å²) in [5, 5.41) is 44.1. The second kappa shape index (κ2) is 17.0. The Morgan fingerprint density at radius 2 is 1.50 bits per heavy atom. The van der Waals surface area contributed by atoms with Gasteiger partial charge in [0.05, 0.1) is 25.1 Å². The molecular formula is C25H47N3O8. The normalized spacial score (nSPS) is 25.9. The molecule has 36 heavy (non-hydrogen) atoms. The molecule has 1 aliphatic heterocycles. The molecule has 11 heteroatoms. The highest BCUT2D eigenvalue weighted by atomic mass is 16.6. The van der Waals surface area contributed by atoms with Gasteiger partial charge in [-0.2, -0.15) is 0 Å². The molecule has 7 atom stereocenters. The van der Waals surface area contributed by atoms with Crippen molar-refractivity contribution in [1.29, 1.82) is 0 Å². The van der Waals surface area contributed by atoms with Gasteiger partial charge in [0.2, 0.25) is 11.8 Å². The first kappa shape index (κ1) is 32.4. The Morgan fingerprint density at radius 1 is 0.917 bits per heavy atom. The quantitative estimate of drug-likeness (QED) is 0.129. The summed E-state index contributed by atoms with van der Waals surface area (Å²) in [7, 11) is 0. The van der Waals surface area contributed by atoms with Crippen molar-refractivity contribution in [2.75, 3.05) is 6.61 Å². The van der Waals surface area contributed by atoms with E-state index in [0.29, 0.717) is 6.42 Å². The number of ketones is 1. The van der Waals surface area contributed by atoms with E-state index in [-0.39, 0.29) is 5.78 Å². The Labute approximate surface area is 214 Å². The molecule has 210 valence electrons. The molecule has 0 bridgehead atoms. The third-order valence-electron chi connectivity index (χ3n) is 6.52. The second-order valence-electron chi connectivity index (χ2n) is 10.0. The molecule has 0 radical (unpaired) electrons. The number of aliphatic hydroxyl groups excluding tert-OH is 4. The zero-order valence-corrected chi connectivity index (χ0v) is 21.9. The molecule has 0 aromatic carbocycles. The van der Waals surface area contributed by atoms with E-state index < -0.39 is 73.5 Å². The summed E-state index contributed by atoms with van der Waals surface area (Å²) in [5.41, 5.74) is 6.03. The Kier molecular flexibility index (Phi) is 15.3. The number of ether oxygens (including phenoxy) is 1. The van der Waals surface area contributed by atoms with E-state index in [1.165, 1.54) is 25.7 Å². The zero-order chi connectivity index (χ0) is 27.3. The first-order valence-electron chi connectivity index (χ1n) is 13.2. The molecule has 8 N–H and O–H groups in total. The predicted molar refractivity (Wildman–Crippen MR) is 134 cm³/mol. The molecule has 0 aromatic rings. The van der Waals surface area contributed by atoms with Crippen molar-refractivity contribution in [2.45, 2.75) is 128 Å². The molecule has 0 saturated carbocycles. The number of Topliss-reactive ketones (excluding diaryl/α,β-unsaturated/α-hetero) is 1. The van der Waals surface area contributed by atoms with E-state index in [1.54, 1.807) is 13.8 Å². The maximum absolute atomic E-state index is 12.7. The lowest BCUT2D eigenvalue weighted by molar-refractivity contribution is -0.236. The van der Waals surface area contributed by atoms with E-state index in [4.69, 9.17) is 10.5 Å². The Morgan fingerprint density at radius 3 is 2.06 bits per heavy atom. The molecular weight excluding hydrogens is 470 g/mol. The van der Waals surface area contributed by atoms with Crippen molar-refractivity contribution in [1.82, 2.24) is 10.6 Å². The van der Waals surface area contributed by atoms with Crippen LogP contribution in [0.15, 0.2) is 0 Å². The highest BCUT2D eigenvalue weighted by molar-refractivity contribution is 5.95. The van der Waals surface area contributed by atoms with Crippen LogP contribution in [0.2, 0.25) is 0 Å². The van der Waals surface area contributed by atoms with Crippen molar-refractivity contribution in [2.24, 2.45) is 11.7 Å². The molecule has 1 saturated heterocycles. The van der Waals surface area contributed by atoms with E-state index in [0.717, 1.165) is 25.7 Å². The highest BCUT2D eigenvalue weighted by Gasteiger charge is 2.44. The minimum Gasteiger partial charge on any atom is -0.394 e. The summed E-state index contributed by atoms with van der Waals surface area (Å²) in [5.74, 6) is -2.06. The molecule has 0 aromatic heterocycles. The van der Waals surface area contributed by atoms with Crippen molar-refractivity contribution in [3.05, 3.63) is 0 Å². The summed E-state index contributed by atoms with van der Waals surface area (Å²) in [6.07, 6.45) is 1.52. The highest BCUT2D eigenvalue weighted by Crippen LogP contribution is 2.20. The standard InChI is InChI=1S/C25H47N3O8/c1-4-5-6-7-8-9-10-11-12-16(26)24(35)27-17(20(31)15(2)3)13-19(30)28-25-23(34)22(33)21(32)18(14-29)36-25/h15-18,21-23,25,29,32-34H,4-14,26H2,1-3H3,(H,27,35)(H,28,30)/t16?,17?,18?,21-,22+,23?,25-/m1/s1. The van der Waals surface area contributed by atoms with Gasteiger partial charge in [0.1, 0.15) is 24.4 Å². The summed E-state index contributed by atoms with van der Waals surface area (Å²) < 4.78 is 5.27. The van der Waals surface area contributed by atoms with Crippen LogP contribution < -0.4 is 16.4 Å². The van der Waals surface area contributed by atoms with Crippen LogP contribution >= 0.6 is 0 Å². The van der Waals surface area contributed by atoms with Gasteiger partial charge in [-0.25, -0.2) is 0 Å². The second-order valence-corrected chi connectivity index (χ2v) is 10.0. The van der Waals surface area contributed by atoms with Gasteiger partial charge in [-0.3, -0.25) is 14.4 Å². The summed E-state index contributed by atoms with van der Waals surface area (Å²) in [6, 6.07) is -1.94. The number of nitrogens with one attached hydrogen (secondary N) is 2. The van der Waals surface area contributed by atoms with Gasteiger partial charge in [-0.05, 0) is 6.42 Å². The molecule has 2 amide bonds. The van der Waals surface area contributed by atoms with Crippen molar-refractivity contribution < 1.29 is 39.5 Å². The number of aliphatic hydroxyl groups is 4. The van der Waals surface area contributed by atoms with Gasteiger partial charge >= 0.3 is 0 Å². The van der Waals surface area contributed by atoms with E-state index in [9.17, 15) is 34.8 Å². The lowest BCUT2D eigenvalue weighted by atomic mass is 9.96. The predicted octanol–water partition coefficient (Wildman–Crippen LogP) is -0.139. The van der Waals surface area contributed by atoms with Crippen LogP contribution in [-0.4, -0.2) is 87.4 Å². The Hall–Kier alpha value is -1.63. The van der Waals surface area contributed by atoms with Crippen LogP contribution in [0.3, 0.4) is 0 Å². The van der Waals surface area contributed by atoms with Crippen LogP contribution in [0, 0.1) is 5.92 Å². The summed E-state index contributed by atoms with van der Waals surface area (Å²) >= 11 is 0. The number of carbonyl (C=O) groups is 3. The number of amides is 2. The summed E-state index contributed by atoms with van der Waals surface area (Å²) in [4.78, 5) is 37.9. The number of rotatable bonds is 17. The molecule has 4 unspecified atom stereocenters. The maximum atomic E-state index is 12.7. The maximum Gasteiger partial charge on any atom is 0.237 e. The Bertz CT molecular complexity index is 676. The molecule has 1 heterocycles. The monoisotopic (exact) mass is 517 g/mol. The van der Waals surface area contributed by atoms with Crippen LogP contribution in [-0.2, 0) is 19.1 Å². The van der Waals surface area contributed by atoms with Gasteiger partial charge in [0.25, 0.3) is 0 Å². The number of hydrogen-bond acceptors (Lipinski definition) is 9. The van der Waals surface area contributed by atoms with Crippen LogP contribution in [0.4, 0.5) is 0 Å². The van der Waals surface area contributed by atoms with E-state index in [2.05, 4.69) is 17.6 Å². The first-order chi connectivity index (χ1) is 17.0. The van der Waals surface area contributed by atoms with Crippen molar-refractivity contribution in [3.8, 4) is 0 Å². The topological polar surface area (TPSA) is 191 Å². The zero-order valence-electron chi connectivity index (χ0n) is 21.9. The van der Waals surface area contributed by atoms with E-state index in [1.807, 2.05) is 0 Å². The minimum absolute atomic E-state index is 0.355. The van der Waals surface area contributed by atoms with Crippen LogP contribution in [0.1, 0.15) is 85.0 Å². The van der Waals surface area contributed by atoms with Gasteiger partial charge < -0.3 is 41.5 Å². The van der Waals surface area contributed by atoms with Gasteiger partial charge in [0.15, 0.2) is 12.0 Å². The largest absolute Gasteiger partial charge is 0.394 e. The number of hydrogen-bond donors (Lipinski definition) is 7. The van der Waals surface area contributed by atoms with Crippen LogP contribution in [0.25, 0.3) is 0 Å². The molecule has 1 fully saturated rings. The fourth-order valence-corrected chi connectivity index (χ4v) is 4.16. The molecule has 11 nitrogen and oxygen atoms in total. The average Bonchev–Trinajstić information content (AvgIpc) is 2.84. The lowest BCUT2D eigenvalue weighted by Crippen LogP contribution is -2.63. The molecule has 1 rings (SSSR count). The average molecular weight is 518 g/mol. The third kappa shape index (κ3) is 10.8. The van der Waals surface area contributed by atoms with Gasteiger partial charge in [-0.1, -0.05) is 72.1 Å².